The quantitative estimate of drug-likeness (QED) is 0.612. The summed E-state index contributed by atoms with van der Waals surface area (Å²) in [7, 11) is 3.52. The Morgan fingerprint density at radius 2 is 2.06 bits per heavy atom. The zero-order chi connectivity index (χ0) is 11.3. The molecule has 2 aliphatic rings. The van der Waals surface area contributed by atoms with Crippen LogP contribution in [-0.4, -0.2) is 20.0 Å². The fraction of sp³-hybridized carbons (Fsp3) is 0.538. The average molecular weight is 330 g/mol. The highest BCUT2D eigenvalue weighted by atomic mass is 127. The van der Waals surface area contributed by atoms with Crippen molar-refractivity contribution in [3.63, 3.8) is 0 Å². The molecule has 3 heteroatoms. The van der Waals surface area contributed by atoms with E-state index in [4.69, 9.17) is 9.47 Å². The lowest BCUT2D eigenvalue weighted by atomic mass is 9.87. The van der Waals surface area contributed by atoms with E-state index in [-0.39, 0.29) is 5.79 Å². The van der Waals surface area contributed by atoms with Gasteiger partial charge in [-0.2, -0.15) is 0 Å². The summed E-state index contributed by atoms with van der Waals surface area (Å²) in [5.74, 6) is 0.660. The Morgan fingerprint density at radius 1 is 1.31 bits per heavy atom. The van der Waals surface area contributed by atoms with Crippen molar-refractivity contribution in [1.82, 2.24) is 0 Å². The number of ether oxygens (including phenoxy) is 2. The first-order valence-corrected chi connectivity index (χ1v) is 6.68. The molecule has 1 fully saturated rings. The van der Waals surface area contributed by atoms with E-state index < -0.39 is 0 Å². The Bertz CT molecular complexity index is 426. The van der Waals surface area contributed by atoms with Crippen molar-refractivity contribution in [3.8, 4) is 0 Å². The normalized spacial score (nSPS) is 29.4. The molecule has 2 aliphatic carbocycles. The first-order valence-electron chi connectivity index (χ1n) is 5.60. The Balaban J connectivity index is 2.11. The fourth-order valence-electron chi connectivity index (χ4n) is 3.44. The topological polar surface area (TPSA) is 18.5 Å². The minimum absolute atomic E-state index is 0.373. The predicted molar refractivity (Wildman–Crippen MR) is 70.6 cm³/mol. The van der Waals surface area contributed by atoms with Crippen LogP contribution in [0.1, 0.15) is 35.8 Å². The molecule has 0 heterocycles. The molecule has 16 heavy (non-hydrogen) atoms. The minimum atomic E-state index is -0.373. The molecule has 0 spiro atoms. The van der Waals surface area contributed by atoms with Crippen molar-refractivity contribution in [2.75, 3.05) is 14.2 Å². The van der Waals surface area contributed by atoms with Gasteiger partial charge in [-0.05, 0) is 52.1 Å². The molecule has 2 atom stereocenters. The van der Waals surface area contributed by atoms with Crippen molar-refractivity contribution in [2.24, 2.45) is 0 Å². The van der Waals surface area contributed by atoms with Crippen LogP contribution in [0, 0.1) is 3.57 Å². The summed E-state index contributed by atoms with van der Waals surface area (Å²) >= 11 is 2.44. The van der Waals surface area contributed by atoms with Crippen LogP contribution in [0.3, 0.4) is 0 Å². The third-order valence-corrected chi connectivity index (χ3v) is 5.08. The zero-order valence-electron chi connectivity index (χ0n) is 9.50. The largest absolute Gasteiger partial charge is 0.353 e. The lowest BCUT2D eigenvalue weighted by molar-refractivity contribution is -0.213. The molecular formula is C13H15IO2. The van der Waals surface area contributed by atoms with Crippen molar-refractivity contribution in [3.05, 3.63) is 32.9 Å². The van der Waals surface area contributed by atoms with Gasteiger partial charge < -0.3 is 9.47 Å². The van der Waals surface area contributed by atoms with E-state index in [0.717, 1.165) is 6.42 Å². The Labute approximate surface area is 109 Å². The minimum Gasteiger partial charge on any atom is -0.353 e. The number of hydrogen-bond donors (Lipinski definition) is 0. The van der Waals surface area contributed by atoms with Crippen molar-refractivity contribution >= 4 is 22.6 Å². The molecular weight excluding hydrogens is 315 g/mol. The molecule has 0 aliphatic heterocycles. The standard InChI is InChI=1S/C13H15IO2/c1-15-13(16-2)7-8-6-10(13)9-4-3-5-11(14)12(8)9/h3-5,8,10H,6-7H2,1-2H3/t8-,10+/m1/s1. The maximum absolute atomic E-state index is 5.65. The summed E-state index contributed by atoms with van der Waals surface area (Å²) in [4.78, 5) is 0. The van der Waals surface area contributed by atoms with Gasteiger partial charge in [-0.25, -0.2) is 0 Å². The third kappa shape index (κ3) is 1.25. The van der Waals surface area contributed by atoms with E-state index in [0.29, 0.717) is 11.8 Å². The second kappa shape index (κ2) is 3.68. The van der Waals surface area contributed by atoms with Crippen LogP contribution >= 0.6 is 22.6 Å². The lowest BCUT2D eigenvalue weighted by Gasteiger charge is -2.36. The van der Waals surface area contributed by atoms with Gasteiger partial charge >= 0.3 is 0 Å². The van der Waals surface area contributed by atoms with E-state index in [1.54, 1.807) is 14.2 Å². The molecule has 1 aromatic carbocycles. The van der Waals surface area contributed by atoms with Gasteiger partial charge in [-0.3, -0.25) is 0 Å². The summed E-state index contributed by atoms with van der Waals surface area (Å²) in [5.41, 5.74) is 2.98. The summed E-state index contributed by atoms with van der Waals surface area (Å²) in [6, 6.07) is 6.56. The van der Waals surface area contributed by atoms with Crippen LogP contribution < -0.4 is 0 Å². The molecule has 2 nitrogen and oxygen atoms in total. The SMILES string of the molecule is COC1(OC)C[C@H]2C[C@H]1c1cccc(I)c12. The highest BCUT2D eigenvalue weighted by molar-refractivity contribution is 14.1. The third-order valence-electron chi connectivity index (χ3n) is 4.14. The molecule has 86 valence electrons. The first kappa shape index (κ1) is 11.0. The van der Waals surface area contributed by atoms with Crippen LogP contribution in [0.15, 0.2) is 18.2 Å². The van der Waals surface area contributed by atoms with Crippen LogP contribution in [0.4, 0.5) is 0 Å². The molecule has 1 saturated carbocycles. The van der Waals surface area contributed by atoms with Crippen LogP contribution in [0.25, 0.3) is 0 Å². The Morgan fingerprint density at radius 3 is 2.75 bits per heavy atom. The number of halogens is 1. The number of benzene rings is 1. The molecule has 0 N–H and O–H groups in total. The molecule has 0 unspecified atom stereocenters. The number of methoxy groups -OCH3 is 2. The first-order chi connectivity index (χ1) is 7.72. The Kier molecular flexibility index (Phi) is 2.53. The highest BCUT2D eigenvalue weighted by Crippen LogP contribution is 2.60. The molecule has 2 bridgehead atoms. The summed E-state index contributed by atoms with van der Waals surface area (Å²) in [5, 5.41) is 0. The summed E-state index contributed by atoms with van der Waals surface area (Å²) in [6.07, 6.45) is 2.18. The van der Waals surface area contributed by atoms with E-state index in [2.05, 4.69) is 40.8 Å². The van der Waals surface area contributed by atoms with Crippen molar-refractivity contribution in [1.29, 1.82) is 0 Å². The van der Waals surface area contributed by atoms with Crippen LogP contribution in [-0.2, 0) is 9.47 Å². The molecule has 3 rings (SSSR count). The second-order valence-electron chi connectivity index (χ2n) is 4.65. The van der Waals surface area contributed by atoms with Gasteiger partial charge in [0.25, 0.3) is 0 Å². The average Bonchev–Trinajstić information content (AvgIpc) is 2.85. The van der Waals surface area contributed by atoms with Gasteiger partial charge in [0.15, 0.2) is 5.79 Å². The van der Waals surface area contributed by atoms with Gasteiger partial charge in [0.1, 0.15) is 0 Å². The molecule has 0 amide bonds. The smallest absolute Gasteiger partial charge is 0.174 e. The van der Waals surface area contributed by atoms with Gasteiger partial charge in [0, 0.05) is 30.1 Å². The summed E-state index contributed by atoms with van der Waals surface area (Å²) in [6.45, 7) is 0. The van der Waals surface area contributed by atoms with Gasteiger partial charge in [0.05, 0.1) is 0 Å². The lowest BCUT2D eigenvalue weighted by Crippen LogP contribution is -2.38. The molecule has 0 saturated heterocycles. The van der Waals surface area contributed by atoms with Gasteiger partial charge in [-0.1, -0.05) is 12.1 Å². The van der Waals surface area contributed by atoms with E-state index in [1.807, 2.05) is 0 Å². The maximum atomic E-state index is 5.65. The van der Waals surface area contributed by atoms with E-state index in [1.165, 1.54) is 21.1 Å². The number of fused-ring (bicyclic) bond motifs is 5. The monoisotopic (exact) mass is 330 g/mol. The predicted octanol–water partition coefficient (Wildman–Crippen LogP) is 3.25. The van der Waals surface area contributed by atoms with Crippen molar-refractivity contribution in [2.45, 2.75) is 30.5 Å². The van der Waals surface area contributed by atoms with Crippen LogP contribution in [0.5, 0.6) is 0 Å². The molecule has 0 aromatic heterocycles. The van der Waals surface area contributed by atoms with Gasteiger partial charge in [-0.15, -0.1) is 0 Å². The molecule has 0 radical (unpaired) electrons. The highest BCUT2D eigenvalue weighted by Gasteiger charge is 2.55. The van der Waals surface area contributed by atoms with E-state index >= 15 is 0 Å². The van der Waals surface area contributed by atoms with Gasteiger partial charge in [0.2, 0.25) is 0 Å². The van der Waals surface area contributed by atoms with Crippen molar-refractivity contribution < 1.29 is 9.47 Å². The van der Waals surface area contributed by atoms with Crippen LogP contribution in [0.2, 0.25) is 0 Å². The fourth-order valence-corrected chi connectivity index (χ4v) is 4.40. The second-order valence-corrected chi connectivity index (χ2v) is 5.81. The molecule has 1 aromatic rings. The number of hydrogen-bond acceptors (Lipinski definition) is 2. The number of rotatable bonds is 2. The maximum Gasteiger partial charge on any atom is 0.174 e. The zero-order valence-corrected chi connectivity index (χ0v) is 11.7. The van der Waals surface area contributed by atoms with E-state index in [9.17, 15) is 0 Å². The summed E-state index contributed by atoms with van der Waals surface area (Å²) < 4.78 is 12.7. The Hall–Kier alpha value is -0.130.